The molecular weight excluding hydrogens is 419 g/mol. The molecule has 0 spiro atoms. The second kappa shape index (κ2) is 7.59. The zero-order chi connectivity index (χ0) is 17.9. The van der Waals surface area contributed by atoms with Gasteiger partial charge in [-0.1, -0.05) is 19.1 Å². The van der Waals surface area contributed by atoms with E-state index in [-0.39, 0.29) is 18.1 Å². The first-order valence-electron chi connectivity index (χ1n) is 8.06. The van der Waals surface area contributed by atoms with Crippen molar-refractivity contribution in [2.45, 2.75) is 46.1 Å². The molecule has 0 bridgehead atoms. The highest BCUT2D eigenvalue weighted by molar-refractivity contribution is 14.1. The Morgan fingerprint density at radius 2 is 2.04 bits per heavy atom. The average molecular weight is 442 g/mol. The minimum Gasteiger partial charge on any atom is -0.507 e. The number of esters is 1. The highest BCUT2D eigenvalue weighted by Gasteiger charge is 2.41. The first-order chi connectivity index (χ1) is 11.3. The number of aryl methyl sites for hydroxylation is 1. The summed E-state index contributed by atoms with van der Waals surface area (Å²) in [6, 6.07) is 5.71. The van der Waals surface area contributed by atoms with Crippen LogP contribution in [0.25, 0.3) is 0 Å². The van der Waals surface area contributed by atoms with Gasteiger partial charge in [0.25, 0.3) is 0 Å². The van der Waals surface area contributed by atoms with Crippen LogP contribution in [0.4, 0.5) is 0 Å². The van der Waals surface area contributed by atoms with Crippen LogP contribution in [0.15, 0.2) is 39.2 Å². The highest BCUT2D eigenvalue weighted by atomic mass is 127. The molecule has 1 atom stereocenters. The normalized spacial score (nSPS) is 20.1. The maximum Gasteiger partial charge on any atom is 0.310 e. The van der Waals surface area contributed by atoms with E-state index >= 15 is 0 Å². The van der Waals surface area contributed by atoms with Crippen molar-refractivity contribution in [1.29, 1.82) is 0 Å². The van der Waals surface area contributed by atoms with Crippen LogP contribution >= 0.6 is 22.6 Å². The number of carbonyl (C=O) groups is 1. The first kappa shape index (κ1) is 18.8. The monoisotopic (exact) mass is 442 g/mol. The van der Waals surface area contributed by atoms with E-state index in [9.17, 15) is 9.90 Å². The first-order valence-corrected chi connectivity index (χ1v) is 9.14. The molecule has 0 saturated carbocycles. The maximum absolute atomic E-state index is 11.9. The van der Waals surface area contributed by atoms with Crippen molar-refractivity contribution in [2.24, 2.45) is 0 Å². The summed E-state index contributed by atoms with van der Waals surface area (Å²) in [4.78, 5) is 11.9. The number of benzene rings is 1. The molecule has 5 heteroatoms. The van der Waals surface area contributed by atoms with E-state index < -0.39 is 5.60 Å². The summed E-state index contributed by atoms with van der Waals surface area (Å²) in [7, 11) is 0. The van der Waals surface area contributed by atoms with Gasteiger partial charge in [-0.15, -0.1) is 0 Å². The van der Waals surface area contributed by atoms with Crippen molar-refractivity contribution in [2.75, 3.05) is 6.61 Å². The molecule has 130 valence electrons. The van der Waals surface area contributed by atoms with Crippen molar-refractivity contribution in [3.05, 3.63) is 50.3 Å². The summed E-state index contributed by atoms with van der Waals surface area (Å²) in [6.45, 7) is 8.00. The Morgan fingerprint density at radius 1 is 1.33 bits per heavy atom. The van der Waals surface area contributed by atoms with Crippen LogP contribution in [0, 0.1) is 6.92 Å². The summed E-state index contributed by atoms with van der Waals surface area (Å²) in [5.74, 6) is 0.523. The van der Waals surface area contributed by atoms with Gasteiger partial charge in [-0.3, -0.25) is 4.79 Å². The fraction of sp³-hybridized carbons (Fsp3) is 0.421. The Hall–Kier alpha value is -1.50. The fourth-order valence-electron chi connectivity index (χ4n) is 2.78. The molecule has 1 unspecified atom stereocenters. The van der Waals surface area contributed by atoms with Gasteiger partial charge in [0, 0.05) is 5.56 Å². The third-order valence-corrected chi connectivity index (χ3v) is 4.97. The Morgan fingerprint density at radius 3 is 2.67 bits per heavy atom. The van der Waals surface area contributed by atoms with E-state index in [1.807, 2.05) is 45.0 Å². The molecule has 24 heavy (non-hydrogen) atoms. The van der Waals surface area contributed by atoms with Gasteiger partial charge in [-0.05, 0) is 73.1 Å². The van der Waals surface area contributed by atoms with Crippen LogP contribution in [-0.4, -0.2) is 23.3 Å². The molecule has 2 rings (SSSR count). The van der Waals surface area contributed by atoms with Crippen molar-refractivity contribution in [3.63, 3.8) is 0 Å². The molecule has 0 aliphatic heterocycles. The topological polar surface area (TPSA) is 55.8 Å². The minimum atomic E-state index is -0.900. The van der Waals surface area contributed by atoms with Gasteiger partial charge in [-0.2, -0.15) is 0 Å². The largest absolute Gasteiger partial charge is 0.507 e. The van der Waals surface area contributed by atoms with E-state index in [0.717, 1.165) is 26.7 Å². The molecular formula is C19H23IO4. The zero-order valence-corrected chi connectivity index (χ0v) is 16.6. The van der Waals surface area contributed by atoms with Gasteiger partial charge in [-0.25, -0.2) is 0 Å². The third kappa shape index (κ3) is 3.77. The number of halogens is 1. The van der Waals surface area contributed by atoms with Crippen LogP contribution in [0.5, 0.6) is 5.75 Å². The Bertz CT molecular complexity index is 705. The summed E-state index contributed by atoms with van der Waals surface area (Å²) in [6.07, 6.45) is 2.87. The van der Waals surface area contributed by atoms with E-state index in [4.69, 9.17) is 9.47 Å². The molecule has 0 aromatic heterocycles. The average Bonchev–Trinajstić information content (AvgIpc) is 2.74. The summed E-state index contributed by atoms with van der Waals surface area (Å²) in [5.41, 5.74) is 1.89. The zero-order valence-electron chi connectivity index (χ0n) is 14.5. The smallest absolute Gasteiger partial charge is 0.310 e. The second-order valence-electron chi connectivity index (χ2n) is 5.95. The van der Waals surface area contributed by atoms with E-state index in [2.05, 4.69) is 22.6 Å². The quantitative estimate of drug-likeness (QED) is 0.509. The van der Waals surface area contributed by atoms with Gasteiger partial charge in [0.2, 0.25) is 0 Å². The highest BCUT2D eigenvalue weighted by Crippen LogP contribution is 2.42. The molecule has 0 amide bonds. The van der Waals surface area contributed by atoms with Crippen molar-refractivity contribution >= 4 is 28.6 Å². The van der Waals surface area contributed by atoms with Crippen LogP contribution in [0.3, 0.4) is 0 Å². The van der Waals surface area contributed by atoms with Gasteiger partial charge in [0.15, 0.2) is 11.4 Å². The predicted molar refractivity (Wildman–Crippen MR) is 103 cm³/mol. The van der Waals surface area contributed by atoms with E-state index in [1.165, 1.54) is 0 Å². The lowest BCUT2D eigenvalue weighted by atomic mass is 9.95. The van der Waals surface area contributed by atoms with Crippen LogP contribution < -0.4 is 4.74 Å². The number of aliphatic hydroxyl groups excluding tert-OH is 1. The predicted octanol–water partition coefficient (Wildman–Crippen LogP) is 4.79. The van der Waals surface area contributed by atoms with Crippen molar-refractivity contribution in [3.8, 4) is 5.75 Å². The lowest BCUT2D eigenvalue weighted by Crippen LogP contribution is -2.35. The molecule has 1 aromatic carbocycles. The maximum atomic E-state index is 11.9. The molecule has 1 N–H and O–H groups in total. The van der Waals surface area contributed by atoms with Gasteiger partial charge in [0.1, 0.15) is 5.75 Å². The summed E-state index contributed by atoms with van der Waals surface area (Å²) in [5, 5.41) is 10.5. The summed E-state index contributed by atoms with van der Waals surface area (Å²) < 4.78 is 12.1. The molecule has 4 nitrogen and oxygen atoms in total. The number of hydrogen-bond acceptors (Lipinski definition) is 4. The molecule has 0 saturated heterocycles. The molecule has 0 heterocycles. The Balaban J connectivity index is 2.37. The summed E-state index contributed by atoms with van der Waals surface area (Å²) >= 11 is 2.11. The Kier molecular flexibility index (Phi) is 5.96. The number of ether oxygens (including phenoxy) is 2. The van der Waals surface area contributed by atoms with Crippen LogP contribution in [0.2, 0.25) is 0 Å². The Labute approximate surface area is 156 Å². The molecule has 0 radical (unpaired) electrons. The number of allylic oxidation sites excluding steroid dienone is 2. The van der Waals surface area contributed by atoms with E-state index in [0.29, 0.717) is 12.4 Å². The van der Waals surface area contributed by atoms with Gasteiger partial charge < -0.3 is 14.6 Å². The van der Waals surface area contributed by atoms with Crippen LogP contribution in [-0.2, 0) is 16.0 Å². The van der Waals surface area contributed by atoms with Crippen LogP contribution in [0.1, 0.15) is 38.3 Å². The van der Waals surface area contributed by atoms with Gasteiger partial charge >= 0.3 is 5.97 Å². The standard InChI is InChI=1S/C19H23IO4/c1-5-14-11-15(20)18(22)19(14,4)24-16-9-12(3)7-8-13(16)10-17(21)23-6-2/h7-9,11,22H,5-6,10H2,1-4H3. The van der Waals surface area contributed by atoms with E-state index in [1.54, 1.807) is 6.92 Å². The lowest BCUT2D eigenvalue weighted by Gasteiger charge is -2.30. The van der Waals surface area contributed by atoms with Gasteiger partial charge in [0.05, 0.1) is 16.6 Å². The molecule has 1 aliphatic rings. The number of aliphatic hydroxyl groups is 1. The second-order valence-corrected chi connectivity index (χ2v) is 7.11. The minimum absolute atomic E-state index is 0.145. The molecule has 0 fully saturated rings. The fourth-order valence-corrected chi connectivity index (χ4v) is 3.67. The SMILES string of the molecule is CCOC(=O)Cc1ccc(C)cc1OC1(C)C(CC)=CC(I)=C1O. The number of hydrogen-bond donors (Lipinski definition) is 1. The molecule has 1 aromatic rings. The van der Waals surface area contributed by atoms with Crippen molar-refractivity contribution < 1.29 is 19.4 Å². The third-order valence-electron chi connectivity index (χ3n) is 4.15. The number of carbonyl (C=O) groups excluding carboxylic acids is 1. The molecule has 1 aliphatic carbocycles. The van der Waals surface area contributed by atoms with Crippen molar-refractivity contribution in [1.82, 2.24) is 0 Å². The number of rotatable bonds is 6. The lowest BCUT2D eigenvalue weighted by molar-refractivity contribution is -0.142.